The minimum absolute atomic E-state index is 0.271. The molecule has 0 aliphatic heterocycles. The maximum Gasteiger partial charge on any atom is 0.177 e. The number of nitrogens with one attached hydrogen (secondary N) is 1. The molecule has 0 saturated heterocycles. The van der Waals surface area contributed by atoms with Crippen LogP contribution in [0.3, 0.4) is 0 Å². The lowest BCUT2D eigenvalue weighted by Crippen LogP contribution is -2.00. The minimum Gasteiger partial charge on any atom is -0.360 e. The van der Waals surface area contributed by atoms with Crippen LogP contribution in [0.4, 0.5) is 0 Å². The summed E-state index contributed by atoms with van der Waals surface area (Å²) in [6.45, 7) is 2.15. The van der Waals surface area contributed by atoms with Crippen LogP contribution < -0.4 is 0 Å². The number of hydrogen-bond donors (Lipinski definition) is 1. The molecular weight excluding hydrogens is 294 g/mol. The van der Waals surface area contributed by atoms with E-state index in [1.165, 1.54) is 11.8 Å². The third-order valence-electron chi connectivity index (χ3n) is 4.08. The standard InChI is InChI=1S/C18H19NO2S/c1-3-15(13-7-5-4-6-8-13)14-9-10-17-16(11-14)18(12-19-17)22(2,20)21/h4-12,15,19H,3H2,1-2H3. The highest BCUT2D eigenvalue weighted by molar-refractivity contribution is 7.91. The number of H-pyrrole nitrogens is 1. The van der Waals surface area contributed by atoms with E-state index in [0.717, 1.165) is 22.9 Å². The zero-order valence-corrected chi connectivity index (χ0v) is 13.5. The molecule has 1 aromatic heterocycles. The van der Waals surface area contributed by atoms with Gasteiger partial charge in [-0.1, -0.05) is 43.3 Å². The van der Waals surface area contributed by atoms with Gasteiger partial charge in [0.25, 0.3) is 0 Å². The van der Waals surface area contributed by atoms with Crippen molar-refractivity contribution in [2.75, 3.05) is 6.26 Å². The first-order valence-electron chi connectivity index (χ1n) is 7.36. The molecule has 114 valence electrons. The smallest absolute Gasteiger partial charge is 0.177 e. The summed E-state index contributed by atoms with van der Waals surface area (Å²) in [5.74, 6) is 0.271. The predicted molar refractivity (Wildman–Crippen MR) is 90.0 cm³/mol. The highest BCUT2D eigenvalue weighted by atomic mass is 32.2. The summed E-state index contributed by atoms with van der Waals surface area (Å²) in [5.41, 5.74) is 3.25. The average molecular weight is 313 g/mol. The maximum atomic E-state index is 11.9. The number of benzene rings is 2. The second-order valence-corrected chi connectivity index (χ2v) is 7.59. The van der Waals surface area contributed by atoms with Gasteiger partial charge in [0.15, 0.2) is 9.84 Å². The molecule has 3 rings (SSSR count). The van der Waals surface area contributed by atoms with E-state index in [1.54, 1.807) is 6.20 Å². The van der Waals surface area contributed by atoms with Crippen LogP contribution in [-0.4, -0.2) is 19.7 Å². The summed E-state index contributed by atoms with van der Waals surface area (Å²) in [6.07, 6.45) is 3.79. The molecule has 3 nitrogen and oxygen atoms in total. The first-order valence-corrected chi connectivity index (χ1v) is 9.26. The molecule has 0 aliphatic rings. The quantitative estimate of drug-likeness (QED) is 0.788. The summed E-state index contributed by atoms with van der Waals surface area (Å²) < 4.78 is 23.8. The highest BCUT2D eigenvalue weighted by Crippen LogP contribution is 2.32. The SMILES string of the molecule is CCC(c1ccccc1)c1ccc2[nH]cc(S(C)(=O)=O)c2c1. The van der Waals surface area contributed by atoms with E-state index in [4.69, 9.17) is 0 Å². The van der Waals surface area contributed by atoms with E-state index >= 15 is 0 Å². The summed E-state index contributed by atoms with van der Waals surface area (Å²) in [4.78, 5) is 3.41. The highest BCUT2D eigenvalue weighted by Gasteiger charge is 2.17. The van der Waals surface area contributed by atoms with Gasteiger partial charge in [0.2, 0.25) is 0 Å². The van der Waals surface area contributed by atoms with E-state index in [1.807, 2.05) is 30.3 Å². The Bertz CT molecular complexity index is 895. The van der Waals surface area contributed by atoms with Crippen molar-refractivity contribution < 1.29 is 8.42 Å². The first kappa shape index (κ1) is 14.9. The molecule has 4 heteroatoms. The second-order valence-electron chi connectivity index (χ2n) is 5.60. The number of aromatic nitrogens is 1. The van der Waals surface area contributed by atoms with E-state index in [9.17, 15) is 8.42 Å². The molecule has 1 N–H and O–H groups in total. The number of rotatable bonds is 4. The van der Waals surface area contributed by atoms with Crippen LogP contribution in [-0.2, 0) is 9.84 Å². The van der Waals surface area contributed by atoms with Gasteiger partial charge >= 0.3 is 0 Å². The van der Waals surface area contributed by atoms with Crippen LogP contribution in [0.2, 0.25) is 0 Å². The van der Waals surface area contributed by atoms with Crippen LogP contribution in [0, 0.1) is 0 Å². The monoisotopic (exact) mass is 313 g/mol. The molecule has 0 aliphatic carbocycles. The molecule has 2 aromatic carbocycles. The Morgan fingerprint density at radius 2 is 1.77 bits per heavy atom. The zero-order chi connectivity index (χ0) is 15.7. The zero-order valence-electron chi connectivity index (χ0n) is 12.7. The van der Waals surface area contributed by atoms with Crippen LogP contribution in [0.5, 0.6) is 0 Å². The number of hydrogen-bond acceptors (Lipinski definition) is 2. The molecule has 3 aromatic rings. The molecule has 0 bridgehead atoms. The Hall–Kier alpha value is -2.07. The maximum absolute atomic E-state index is 11.9. The van der Waals surface area contributed by atoms with Crippen molar-refractivity contribution in [3.63, 3.8) is 0 Å². The van der Waals surface area contributed by atoms with Crippen LogP contribution >= 0.6 is 0 Å². The molecule has 0 radical (unpaired) electrons. The van der Waals surface area contributed by atoms with Gasteiger partial charge in [-0.05, 0) is 29.7 Å². The van der Waals surface area contributed by atoms with E-state index in [-0.39, 0.29) is 5.92 Å². The van der Waals surface area contributed by atoms with Crippen molar-refractivity contribution in [1.82, 2.24) is 4.98 Å². The summed E-state index contributed by atoms with van der Waals surface area (Å²) >= 11 is 0. The van der Waals surface area contributed by atoms with Crippen molar-refractivity contribution in [3.8, 4) is 0 Å². The molecule has 0 amide bonds. The normalized spacial score (nSPS) is 13.4. The van der Waals surface area contributed by atoms with Gasteiger partial charge in [0, 0.05) is 29.3 Å². The van der Waals surface area contributed by atoms with E-state index in [0.29, 0.717) is 4.90 Å². The van der Waals surface area contributed by atoms with Crippen LogP contribution in [0.1, 0.15) is 30.4 Å². The third kappa shape index (κ3) is 2.66. The van der Waals surface area contributed by atoms with E-state index < -0.39 is 9.84 Å². The van der Waals surface area contributed by atoms with Gasteiger partial charge < -0.3 is 4.98 Å². The van der Waals surface area contributed by atoms with Gasteiger partial charge in [-0.2, -0.15) is 0 Å². The topological polar surface area (TPSA) is 49.9 Å². The van der Waals surface area contributed by atoms with Gasteiger partial charge in [0.05, 0.1) is 4.90 Å². The number of sulfone groups is 1. The van der Waals surface area contributed by atoms with Crippen LogP contribution in [0.15, 0.2) is 59.6 Å². The fourth-order valence-corrected chi connectivity index (χ4v) is 3.83. The van der Waals surface area contributed by atoms with Crippen molar-refractivity contribution >= 4 is 20.7 Å². The Morgan fingerprint density at radius 1 is 1.05 bits per heavy atom. The molecule has 22 heavy (non-hydrogen) atoms. The summed E-state index contributed by atoms with van der Waals surface area (Å²) in [6, 6.07) is 16.4. The average Bonchev–Trinajstić information content (AvgIpc) is 2.92. The van der Waals surface area contributed by atoms with Crippen molar-refractivity contribution in [1.29, 1.82) is 0 Å². The fourth-order valence-electron chi connectivity index (χ4n) is 2.99. The largest absolute Gasteiger partial charge is 0.360 e. The predicted octanol–water partition coefficient (Wildman–Crippen LogP) is 4.11. The Kier molecular flexibility index (Phi) is 3.79. The van der Waals surface area contributed by atoms with Crippen molar-refractivity contribution in [2.45, 2.75) is 24.2 Å². The van der Waals surface area contributed by atoms with Gasteiger partial charge in [-0.25, -0.2) is 8.42 Å². The lowest BCUT2D eigenvalue weighted by molar-refractivity contribution is 0.602. The van der Waals surface area contributed by atoms with Crippen molar-refractivity contribution in [3.05, 3.63) is 65.9 Å². The first-order chi connectivity index (χ1) is 10.5. The lowest BCUT2D eigenvalue weighted by atomic mass is 9.89. The molecule has 0 fully saturated rings. The Balaban J connectivity index is 2.15. The Labute approximate surface area is 130 Å². The van der Waals surface area contributed by atoms with Crippen LogP contribution in [0.25, 0.3) is 10.9 Å². The molecule has 1 unspecified atom stereocenters. The van der Waals surface area contributed by atoms with Gasteiger partial charge in [0.1, 0.15) is 0 Å². The molecule has 0 saturated carbocycles. The third-order valence-corrected chi connectivity index (χ3v) is 5.22. The number of fused-ring (bicyclic) bond motifs is 1. The number of aromatic amines is 1. The van der Waals surface area contributed by atoms with Gasteiger partial charge in [-0.15, -0.1) is 0 Å². The molecule has 1 heterocycles. The molecular formula is C18H19NO2S. The molecule has 1 atom stereocenters. The van der Waals surface area contributed by atoms with E-state index in [2.05, 4.69) is 30.1 Å². The molecule has 0 spiro atoms. The Morgan fingerprint density at radius 3 is 2.41 bits per heavy atom. The summed E-state index contributed by atoms with van der Waals surface area (Å²) in [7, 11) is -3.23. The lowest BCUT2D eigenvalue weighted by Gasteiger charge is -2.16. The fraction of sp³-hybridized carbons (Fsp3) is 0.222. The summed E-state index contributed by atoms with van der Waals surface area (Å²) in [5, 5.41) is 0.773. The minimum atomic E-state index is -3.23. The van der Waals surface area contributed by atoms with Gasteiger partial charge in [-0.3, -0.25) is 0 Å². The second kappa shape index (κ2) is 5.61. The van der Waals surface area contributed by atoms with Crippen molar-refractivity contribution in [2.24, 2.45) is 0 Å².